The molecule has 0 aromatic carbocycles. The van der Waals surface area contributed by atoms with Crippen molar-refractivity contribution in [3.63, 3.8) is 0 Å². The molecule has 0 aromatic rings. The highest BCUT2D eigenvalue weighted by atomic mass is 16.3. The minimum absolute atomic E-state index is 0.314. The minimum Gasteiger partial charge on any atom is -0.396 e. The Balaban J connectivity index is 3.20. The van der Waals surface area contributed by atoms with Crippen LogP contribution in [0.15, 0.2) is 0 Å². The number of hydrogen-bond acceptors (Lipinski definition) is 2. The van der Waals surface area contributed by atoms with E-state index in [-0.39, 0.29) is 0 Å². The lowest BCUT2D eigenvalue weighted by atomic mass is 9.97. The van der Waals surface area contributed by atoms with Gasteiger partial charge < -0.3 is 10.2 Å². The first-order chi connectivity index (χ1) is 6.74. The second-order valence-corrected chi connectivity index (χ2v) is 4.38. The molecule has 0 saturated heterocycles. The van der Waals surface area contributed by atoms with Crippen LogP contribution in [0.25, 0.3) is 0 Å². The molecule has 0 aliphatic rings. The molecule has 2 nitrogen and oxygen atoms in total. The minimum atomic E-state index is 0.314. The third-order valence-electron chi connectivity index (χ3n) is 2.96. The van der Waals surface area contributed by atoms with Crippen molar-refractivity contribution in [1.29, 1.82) is 0 Å². The molecule has 0 aromatic heterocycles. The molecule has 0 bridgehead atoms. The molecular weight excluding hydrogens is 176 g/mol. The number of unbranched alkanes of at least 4 members (excludes halogenated alkanes) is 2. The Kier molecular flexibility index (Phi) is 9.42. The molecule has 2 heteroatoms. The van der Waals surface area contributed by atoms with E-state index in [1.165, 1.54) is 19.3 Å². The number of hydrogen-bond donors (Lipinski definition) is 2. The van der Waals surface area contributed by atoms with E-state index in [1.54, 1.807) is 0 Å². The van der Waals surface area contributed by atoms with E-state index in [0.29, 0.717) is 25.0 Å². The van der Waals surface area contributed by atoms with Crippen LogP contribution in [0.4, 0.5) is 0 Å². The summed E-state index contributed by atoms with van der Waals surface area (Å²) in [5.74, 6) is 0.958. The Morgan fingerprint density at radius 2 is 1.57 bits per heavy atom. The van der Waals surface area contributed by atoms with Crippen LogP contribution >= 0.6 is 0 Å². The van der Waals surface area contributed by atoms with Crippen LogP contribution in [0, 0.1) is 11.8 Å². The van der Waals surface area contributed by atoms with Crippen LogP contribution in [0.5, 0.6) is 0 Å². The van der Waals surface area contributed by atoms with E-state index >= 15 is 0 Å². The Morgan fingerprint density at radius 3 is 2.07 bits per heavy atom. The Hall–Kier alpha value is -0.0800. The van der Waals surface area contributed by atoms with Gasteiger partial charge in [-0.05, 0) is 24.7 Å². The van der Waals surface area contributed by atoms with Gasteiger partial charge in [0, 0.05) is 13.2 Å². The molecule has 0 rings (SSSR count). The van der Waals surface area contributed by atoms with Gasteiger partial charge in [-0.25, -0.2) is 0 Å². The van der Waals surface area contributed by atoms with Gasteiger partial charge in [-0.1, -0.05) is 39.5 Å². The highest BCUT2D eigenvalue weighted by Crippen LogP contribution is 2.15. The van der Waals surface area contributed by atoms with Crippen LogP contribution in [-0.4, -0.2) is 23.4 Å². The molecule has 2 atom stereocenters. The van der Waals surface area contributed by atoms with E-state index in [2.05, 4.69) is 13.8 Å². The summed E-state index contributed by atoms with van der Waals surface area (Å²) in [6.07, 6.45) is 7.04. The van der Waals surface area contributed by atoms with E-state index < -0.39 is 0 Å². The van der Waals surface area contributed by atoms with Crippen LogP contribution in [-0.2, 0) is 0 Å². The van der Waals surface area contributed by atoms with Gasteiger partial charge in [0.15, 0.2) is 0 Å². The summed E-state index contributed by atoms with van der Waals surface area (Å²) in [6, 6.07) is 0. The fourth-order valence-corrected chi connectivity index (χ4v) is 1.62. The van der Waals surface area contributed by atoms with Gasteiger partial charge in [0.05, 0.1) is 0 Å². The van der Waals surface area contributed by atoms with Crippen molar-refractivity contribution in [3.8, 4) is 0 Å². The summed E-state index contributed by atoms with van der Waals surface area (Å²) in [4.78, 5) is 0. The maximum atomic E-state index is 8.98. The van der Waals surface area contributed by atoms with Crippen LogP contribution in [0.1, 0.15) is 52.4 Å². The zero-order valence-corrected chi connectivity index (χ0v) is 9.71. The Bertz CT molecular complexity index is 111. The number of aliphatic hydroxyl groups excluding tert-OH is 2. The molecule has 0 fully saturated rings. The SMILES string of the molecule is CCC(CO)CCCCCC(C)CO. The average Bonchev–Trinajstić information content (AvgIpc) is 2.23. The Morgan fingerprint density at radius 1 is 0.929 bits per heavy atom. The lowest BCUT2D eigenvalue weighted by Crippen LogP contribution is -2.04. The summed E-state index contributed by atoms with van der Waals surface area (Å²) in [5, 5.41) is 17.8. The summed E-state index contributed by atoms with van der Waals surface area (Å²) in [6.45, 7) is 4.87. The maximum absolute atomic E-state index is 8.98. The third-order valence-corrected chi connectivity index (χ3v) is 2.96. The normalized spacial score (nSPS) is 15.4. The molecule has 0 heterocycles. The lowest BCUT2D eigenvalue weighted by Gasteiger charge is -2.11. The first kappa shape index (κ1) is 13.9. The second kappa shape index (κ2) is 9.47. The summed E-state index contributed by atoms with van der Waals surface area (Å²) < 4.78 is 0. The first-order valence-corrected chi connectivity index (χ1v) is 5.96. The standard InChI is InChI=1S/C12H26O2/c1-3-12(10-14)8-6-4-5-7-11(2)9-13/h11-14H,3-10H2,1-2H3. The van der Waals surface area contributed by atoms with Crippen molar-refractivity contribution in [2.45, 2.75) is 52.4 Å². The summed E-state index contributed by atoms with van der Waals surface area (Å²) in [7, 11) is 0. The molecule has 14 heavy (non-hydrogen) atoms. The fraction of sp³-hybridized carbons (Fsp3) is 1.00. The van der Waals surface area contributed by atoms with Crippen LogP contribution in [0.2, 0.25) is 0 Å². The molecule has 2 N–H and O–H groups in total. The maximum Gasteiger partial charge on any atom is 0.0459 e. The molecule has 0 saturated carbocycles. The molecule has 0 spiro atoms. The zero-order valence-electron chi connectivity index (χ0n) is 9.71. The second-order valence-electron chi connectivity index (χ2n) is 4.38. The molecule has 0 radical (unpaired) electrons. The van der Waals surface area contributed by atoms with Gasteiger partial charge in [0.2, 0.25) is 0 Å². The van der Waals surface area contributed by atoms with E-state index in [4.69, 9.17) is 10.2 Å². The van der Waals surface area contributed by atoms with Gasteiger partial charge in [-0.2, -0.15) is 0 Å². The predicted octanol–water partition coefficient (Wildman–Crippen LogP) is 2.58. The topological polar surface area (TPSA) is 40.5 Å². The molecule has 0 aliphatic carbocycles. The molecule has 86 valence electrons. The summed E-state index contributed by atoms with van der Waals surface area (Å²) >= 11 is 0. The number of aliphatic hydroxyl groups is 2. The van der Waals surface area contributed by atoms with Gasteiger partial charge >= 0.3 is 0 Å². The van der Waals surface area contributed by atoms with Gasteiger partial charge in [0.25, 0.3) is 0 Å². The van der Waals surface area contributed by atoms with Crippen molar-refractivity contribution in [2.24, 2.45) is 11.8 Å². The van der Waals surface area contributed by atoms with Crippen molar-refractivity contribution >= 4 is 0 Å². The highest BCUT2D eigenvalue weighted by Gasteiger charge is 2.04. The van der Waals surface area contributed by atoms with E-state index in [1.807, 2.05) is 0 Å². The monoisotopic (exact) mass is 202 g/mol. The fourth-order valence-electron chi connectivity index (χ4n) is 1.62. The lowest BCUT2D eigenvalue weighted by molar-refractivity contribution is 0.209. The molecule has 0 amide bonds. The van der Waals surface area contributed by atoms with E-state index in [9.17, 15) is 0 Å². The molecule has 0 aliphatic heterocycles. The average molecular weight is 202 g/mol. The Labute approximate surface area is 88.3 Å². The van der Waals surface area contributed by atoms with Gasteiger partial charge in [-0.3, -0.25) is 0 Å². The third kappa shape index (κ3) is 7.34. The predicted molar refractivity (Wildman–Crippen MR) is 60.2 cm³/mol. The van der Waals surface area contributed by atoms with Gasteiger partial charge in [0.1, 0.15) is 0 Å². The number of rotatable bonds is 9. The van der Waals surface area contributed by atoms with Crippen LogP contribution in [0.3, 0.4) is 0 Å². The summed E-state index contributed by atoms with van der Waals surface area (Å²) in [5.41, 5.74) is 0. The highest BCUT2D eigenvalue weighted by molar-refractivity contribution is 4.56. The van der Waals surface area contributed by atoms with Crippen LogP contribution < -0.4 is 0 Å². The quantitative estimate of drug-likeness (QED) is 0.564. The van der Waals surface area contributed by atoms with Crippen molar-refractivity contribution < 1.29 is 10.2 Å². The van der Waals surface area contributed by atoms with Crippen molar-refractivity contribution in [2.75, 3.05) is 13.2 Å². The first-order valence-electron chi connectivity index (χ1n) is 5.96. The smallest absolute Gasteiger partial charge is 0.0459 e. The van der Waals surface area contributed by atoms with Crippen molar-refractivity contribution in [3.05, 3.63) is 0 Å². The van der Waals surface area contributed by atoms with E-state index in [0.717, 1.165) is 19.3 Å². The molecule has 2 unspecified atom stereocenters. The largest absolute Gasteiger partial charge is 0.396 e. The zero-order chi connectivity index (χ0) is 10.8. The molecular formula is C12H26O2. The van der Waals surface area contributed by atoms with Gasteiger partial charge in [-0.15, -0.1) is 0 Å². The van der Waals surface area contributed by atoms with Crippen molar-refractivity contribution in [1.82, 2.24) is 0 Å².